The number of anilines is 1. The van der Waals surface area contributed by atoms with Crippen molar-refractivity contribution in [2.45, 2.75) is 29.5 Å². The van der Waals surface area contributed by atoms with Crippen molar-refractivity contribution in [2.75, 3.05) is 12.8 Å². The summed E-state index contributed by atoms with van der Waals surface area (Å²) in [6.45, 7) is 1.83. The third kappa shape index (κ3) is 4.16. The molecule has 2 N–H and O–H groups in total. The van der Waals surface area contributed by atoms with Crippen LogP contribution in [0.1, 0.15) is 24.2 Å². The molecule has 122 valence electrons. The molecule has 0 saturated heterocycles. The lowest BCUT2D eigenvalue weighted by molar-refractivity contribution is -0.522. The zero-order chi connectivity index (χ0) is 16.8. The van der Waals surface area contributed by atoms with E-state index in [1.165, 1.54) is 11.8 Å². The van der Waals surface area contributed by atoms with Crippen LogP contribution >= 0.6 is 11.8 Å². The van der Waals surface area contributed by atoms with Crippen LogP contribution in [-0.2, 0) is 0 Å². The minimum atomic E-state index is -0.687. The van der Waals surface area contributed by atoms with Crippen LogP contribution in [0, 0.1) is 10.1 Å². The van der Waals surface area contributed by atoms with E-state index >= 15 is 0 Å². The van der Waals surface area contributed by atoms with Gasteiger partial charge in [0.15, 0.2) is 0 Å². The average Bonchev–Trinajstić information content (AvgIpc) is 2.56. The van der Waals surface area contributed by atoms with E-state index < -0.39 is 6.04 Å². The first-order valence-corrected chi connectivity index (χ1v) is 8.23. The molecule has 23 heavy (non-hydrogen) atoms. The molecule has 0 fully saturated rings. The predicted octanol–water partition coefficient (Wildman–Crippen LogP) is 4.17. The van der Waals surface area contributed by atoms with Crippen molar-refractivity contribution in [2.24, 2.45) is 0 Å². The maximum atomic E-state index is 11.5. The SMILES string of the molecule is CCC(C(Sc1ccccc1N)c1ccc(OC)cc1)[N+](=O)[O-]. The van der Waals surface area contributed by atoms with E-state index in [-0.39, 0.29) is 10.2 Å². The lowest BCUT2D eigenvalue weighted by Crippen LogP contribution is -2.25. The highest BCUT2D eigenvalue weighted by Crippen LogP contribution is 2.42. The van der Waals surface area contributed by atoms with Crippen molar-refractivity contribution in [3.63, 3.8) is 0 Å². The molecule has 2 rings (SSSR count). The maximum Gasteiger partial charge on any atom is 0.228 e. The number of nitrogen functional groups attached to an aromatic ring is 1. The van der Waals surface area contributed by atoms with E-state index in [0.717, 1.165) is 16.2 Å². The number of nitrogens with two attached hydrogens (primary N) is 1. The second kappa shape index (κ2) is 7.87. The topological polar surface area (TPSA) is 78.4 Å². The number of methoxy groups -OCH3 is 1. The van der Waals surface area contributed by atoms with Gasteiger partial charge in [0, 0.05) is 21.9 Å². The van der Waals surface area contributed by atoms with Crippen LogP contribution in [0.4, 0.5) is 5.69 Å². The first kappa shape index (κ1) is 17.1. The number of nitrogens with zero attached hydrogens (tertiary/aromatic N) is 1. The van der Waals surface area contributed by atoms with Crippen LogP contribution in [0.25, 0.3) is 0 Å². The molecule has 0 amide bonds. The van der Waals surface area contributed by atoms with Crippen LogP contribution in [0.3, 0.4) is 0 Å². The van der Waals surface area contributed by atoms with Gasteiger partial charge in [0.1, 0.15) is 11.0 Å². The molecule has 0 aliphatic heterocycles. The standard InChI is InChI=1S/C17H20N2O3S/c1-3-15(19(20)21)17(12-8-10-13(22-2)11-9-12)23-16-7-5-4-6-14(16)18/h4-11,15,17H,3,18H2,1-2H3. The molecule has 6 heteroatoms. The van der Waals surface area contributed by atoms with E-state index in [1.807, 2.05) is 49.4 Å². The molecule has 0 aliphatic carbocycles. The van der Waals surface area contributed by atoms with Gasteiger partial charge >= 0.3 is 0 Å². The lowest BCUT2D eigenvalue weighted by atomic mass is 10.0. The molecule has 0 radical (unpaired) electrons. The second-order valence-corrected chi connectivity index (χ2v) is 6.29. The summed E-state index contributed by atoms with van der Waals surface area (Å²) in [7, 11) is 1.60. The summed E-state index contributed by atoms with van der Waals surface area (Å²) in [4.78, 5) is 12.1. The van der Waals surface area contributed by atoms with Gasteiger partial charge in [-0.3, -0.25) is 10.1 Å². The highest BCUT2D eigenvalue weighted by molar-refractivity contribution is 7.99. The van der Waals surface area contributed by atoms with Crippen LogP contribution in [0.2, 0.25) is 0 Å². The Labute approximate surface area is 140 Å². The molecule has 0 bridgehead atoms. The van der Waals surface area contributed by atoms with Crippen molar-refractivity contribution < 1.29 is 9.66 Å². The zero-order valence-corrected chi connectivity index (χ0v) is 14.0. The van der Waals surface area contributed by atoms with Gasteiger partial charge < -0.3 is 10.5 Å². The highest BCUT2D eigenvalue weighted by atomic mass is 32.2. The third-order valence-electron chi connectivity index (χ3n) is 3.66. The Morgan fingerprint density at radius 2 is 1.87 bits per heavy atom. The van der Waals surface area contributed by atoms with Crippen LogP contribution in [0.15, 0.2) is 53.4 Å². The quantitative estimate of drug-likeness (QED) is 0.356. The summed E-state index contributed by atoms with van der Waals surface area (Å²) in [5.41, 5.74) is 7.52. The van der Waals surface area contributed by atoms with Gasteiger partial charge in [-0.25, -0.2) is 0 Å². The molecular weight excluding hydrogens is 312 g/mol. The van der Waals surface area contributed by atoms with Gasteiger partial charge in [-0.2, -0.15) is 0 Å². The number of hydrogen-bond acceptors (Lipinski definition) is 5. The number of ether oxygens (including phenoxy) is 1. The van der Waals surface area contributed by atoms with Crippen molar-refractivity contribution >= 4 is 17.4 Å². The van der Waals surface area contributed by atoms with E-state index in [0.29, 0.717) is 12.1 Å². The average molecular weight is 332 g/mol. The van der Waals surface area contributed by atoms with Gasteiger partial charge in [0.2, 0.25) is 6.04 Å². The number of rotatable bonds is 7. The molecule has 2 atom stereocenters. The lowest BCUT2D eigenvalue weighted by Gasteiger charge is -2.21. The molecule has 2 unspecified atom stereocenters. The van der Waals surface area contributed by atoms with Crippen molar-refractivity contribution in [1.82, 2.24) is 0 Å². The largest absolute Gasteiger partial charge is 0.497 e. The molecule has 0 spiro atoms. The Hall–Kier alpha value is -2.21. The molecule has 2 aromatic carbocycles. The van der Waals surface area contributed by atoms with Crippen LogP contribution in [-0.4, -0.2) is 18.1 Å². The first-order chi connectivity index (χ1) is 11.1. The highest BCUT2D eigenvalue weighted by Gasteiger charge is 2.32. The van der Waals surface area contributed by atoms with Crippen LogP contribution < -0.4 is 10.5 Å². The van der Waals surface area contributed by atoms with Crippen molar-refractivity contribution in [1.29, 1.82) is 0 Å². The van der Waals surface area contributed by atoms with Crippen LogP contribution in [0.5, 0.6) is 5.75 Å². The molecule has 2 aromatic rings. The molecule has 0 aliphatic rings. The van der Waals surface area contributed by atoms with Gasteiger partial charge in [-0.1, -0.05) is 31.2 Å². The number of nitro groups is 1. The Kier molecular flexibility index (Phi) is 5.87. The van der Waals surface area contributed by atoms with Gasteiger partial charge in [-0.15, -0.1) is 11.8 Å². The number of para-hydroxylation sites is 1. The fourth-order valence-electron chi connectivity index (χ4n) is 2.36. The molecule has 5 nitrogen and oxygen atoms in total. The van der Waals surface area contributed by atoms with Crippen molar-refractivity contribution in [3.05, 3.63) is 64.2 Å². The number of benzene rings is 2. The van der Waals surface area contributed by atoms with E-state index in [4.69, 9.17) is 10.5 Å². The molecule has 0 aromatic heterocycles. The molecule has 0 heterocycles. The van der Waals surface area contributed by atoms with Gasteiger partial charge in [0.05, 0.1) is 7.11 Å². The fraction of sp³-hybridized carbons (Fsp3) is 0.294. The summed E-state index contributed by atoms with van der Waals surface area (Å²) < 4.78 is 5.16. The smallest absolute Gasteiger partial charge is 0.228 e. The Morgan fingerprint density at radius 3 is 2.39 bits per heavy atom. The summed E-state index contributed by atoms with van der Waals surface area (Å²) in [6.07, 6.45) is 0.448. The van der Waals surface area contributed by atoms with Gasteiger partial charge in [-0.05, 0) is 29.8 Å². The van der Waals surface area contributed by atoms with Gasteiger partial charge in [0.25, 0.3) is 0 Å². The minimum absolute atomic E-state index is 0.207. The zero-order valence-electron chi connectivity index (χ0n) is 13.1. The monoisotopic (exact) mass is 332 g/mol. The van der Waals surface area contributed by atoms with E-state index in [1.54, 1.807) is 13.2 Å². The predicted molar refractivity (Wildman–Crippen MR) is 93.5 cm³/mol. The molecular formula is C17H20N2O3S. The third-order valence-corrected chi connectivity index (χ3v) is 5.12. The molecule has 0 saturated carbocycles. The normalized spacial score (nSPS) is 13.3. The Bertz CT molecular complexity index is 661. The Morgan fingerprint density at radius 1 is 1.22 bits per heavy atom. The number of hydrogen-bond donors (Lipinski definition) is 1. The minimum Gasteiger partial charge on any atom is -0.497 e. The fourth-order valence-corrected chi connectivity index (χ4v) is 3.74. The summed E-state index contributed by atoms with van der Waals surface area (Å²) in [5.74, 6) is 0.728. The first-order valence-electron chi connectivity index (χ1n) is 7.35. The summed E-state index contributed by atoms with van der Waals surface area (Å²) in [5, 5.41) is 11.2. The number of thioether (sulfide) groups is 1. The summed E-state index contributed by atoms with van der Waals surface area (Å²) >= 11 is 1.44. The van der Waals surface area contributed by atoms with Crippen molar-refractivity contribution in [3.8, 4) is 5.75 Å². The maximum absolute atomic E-state index is 11.5. The Balaban J connectivity index is 2.38. The van der Waals surface area contributed by atoms with E-state index in [2.05, 4.69) is 0 Å². The second-order valence-electron chi connectivity index (χ2n) is 5.11. The summed E-state index contributed by atoms with van der Waals surface area (Å²) in [6, 6.07) is 14.2. The van der Waals surface area contributed by atoms with E-state index in [9.17, 15) is 10.1 Å².